The first kappa shape index (κ1) is 15.1. The first-order valence-electron chi connectivity index (χ1n) is 7.50. The van der Waals surface area contributed by atoms with Crippen LogP contribution in [0.15, 0.2) is 12.1 Å². The predicted octanol–water partition coefficient (Wildman–Crippen LogP) is 2.46. The highest BCUT2D eigenvalue weighted by Gasteiger charge is 2.37. The molecule has 22 heavy (non-hydrogen) atoms. The first-order valence-corrected chi connectivity index (χ1v) is 7.50. The Morgan fingerprint density at radius 1 is 1.32 bits per heavy atom. The van der Waals surface area contributed by atoms with Crippen LogP contribution in [0.1, 0.15) is 31.4 Å². The highest BCUT2D eigenvalue weighted by molar-refractivity contribution is 5.94. The van der Waals surface area contributed by atoms with E-state index in [0.29, 0.717) is 17.8 Å². The fourth-order valence-electron chi connectivity index (χ4n) is 2.59. The van der Waals surface area contributed by atoms with Crippen molar-refractivity contribution in [3.8, 4) is 5.88 Å². The van der Waals surface area contributed by atoms with Crippen LogP contribution in [0.5, 0.6) is 5.88 Å². The molecule has 0 aromatic carbocycles. The molecule has 2 saturated carbocycles. The fourth-order valence-corrected chi connectivity index (χ4v) is 2.59. The lowest BCUT2D eigenvalue weighted by molar-refractivity contribution is -0.123. The van der Waals surface area contributed by atoms with E-state index < -0.39 is 6.61 Å². The molecule has 2 aliphatic rings. The quantitative estimate of drug-likeness (QED) is 0.847. The molecule has 1 heterocycles. The van der Waals surface area contributed by atoms with E-state index >= 15 is 0 Å². The largest absolute Gasteiger partial charge is 0.415 e. The normalized spacial score (nSPS) is 24.0. The van der Waals surface area contributed by atoms with Gasteiger partial charge in [0.1, 0.15) is 5.69 Å². The molecule has 0 unspecified atom stereocenters. The van der Waals surface area contributed by atoms with Gasteiger partial charge >= 0.3 is 6.61 Å². The lowest BCUT2D eigenvalue weighted by Crippen LogP contribution is -2.46. The number of hydrogen-bond acceptors (Lipinski definition) is 4. The Morgan fingerprint density at radius 2 is 2.05 bits per heavy atom. The van der Waals surface area contributed by atoms with Crippen LogP contribution in [-0.2, 0) is 4.79 Å². The molecule has 2 N–H and O–H groups in total. The third-order valence-electron chi connectivity index (χ3n) is 4.02. The number of amides is 1. The summed E-state index contributed by atoms with van der Waals surface area (Å²) in [4.78, 5) is 16.1. The molecule has 2 aliphatic carbocycles. The number of nitrogens with one attached hydrogen (secondary N) is 2. The Hall–Kier alpha value is -1.76. The van der Waals surface area contributed by atoms with Crippen molar-refractivity contribution in [2.45, 2.75) is 51.3 Å². The maximum atomic E-state index is 12.4. The summed E-state index contributed by atoms with van der Waals surface area (Å²) in [5.41, 5.74) is 0.737. The van der Waals surface area contributed by atoms with Gasteiger partial charge in [-0.1, -0.05) is 0 Å². The fraction of sp³-hybridized carbons (Fsp3) is 0.600. The van der Waals surface area contributed by atoms with Gasteiger partial charge in [0, 0.05) is 23.7 Å². The number of ether oxygens (including phenoxy) is 1. The van der Waals surface area contributed by atoms with E-state index in [9.17, 15) is 13.6 Å². The Balaban J connectivity index is 1.56. The predicted molar refractivity (Wildman–Crippen MR) is 76.9 cm³/mol. The molecule has 2 fully saturated rings. The maximum Gasteiger partial charge on any atom is 0.388 e. The zero-order chi connectivity index (χ0) is 15.7. The van der Waals surface area contributed by atoms with Gasteiger partial charge in [-0.3, -0.25) is 4.79 Å². The number of alkyl halides is 2. The van der Waals surface area contributed by atoms with E-state index in [1.165, 1.54) is 18.9 Å². The van der Waals surface area contributed by atoms with Crippen molar-refractivity contribution in [3.05, 3.63) is 17.8 Å². The SMILES string of the molecule is Cc1ccc(NC(=O)C2CC(NC3CC3)C2)c(OC(F)F)n1. The van der Waals surface area contributed by atoms with Crippen LogP contribution in [0, 0.1) is 12.8 Å². The lowest BCUT2D eigenvalue weighted by Gasteiger charge is -2.35. The number of aromatic nitrogens is 1. The van der Waals surface area contributed by atoms with E-state index in [1.54, 1.807) is 13.0 Å². The molecule has 1 aromatic rings. The summed E-state index contributed by atoms with van der Waals surface area (Å²) in [7, 11) is 0. The molecule has 7 heteroatoms. The van der Waals surface area contributed by atoms with Crippen LogP contribution in [0.25, 0.3) is 0 Å². The van der Waals surface area contributed by atoms with Crippen molar-refractivity contribution < 1.29 is 18.3 Å². The molecular formula is C15H19F2N3O2. The van der Waals surface area contributed by atoms with E-state index in [4.69, 9.17) is 0 Å². The van der Waals surface area contributed by atoms with Crippen LogP contribution in [0.4, 0.5) is 14.5 Å². The van der Waals surface area contributed by atoms with Gasteiger partial charge in [0.25, 0.3) is 0 Å². The number of carbonyl (C=O) groups is 1. The van der Waals surface area contributed by atoms with Crippen LogP contribution in [0.2, 0.25) is 0 Å². The summed E-state index contributed by atoms with van der Waals surface area (Å²) in [6, 6.07) is 4.21. The number of carbonyl (C=O) groups excluding carboxylic acids is 1. The Labute approximate surface area is 127 Å². The number of hydrogen-bond donors (Lipinski definition) is 2. The number of anilines is 1. The number of halogens is 2. The van der Waals surface area contributed by atoms with E-state index in [1.807, 2.05) is 0 Å². The number of pyridine rings is 1. The van der Waals surface area contributed by atoms with Gasteiger partial charge in [0.15, 0.2) is 0 Å². The van der Waals surface area contributed by atoms with Gasteiger partial charge in [-0.15, -0.1) is 0 Å². The summed E-state index contributed by atoms with van der Waals surface area (Å²) in [6.07, 6.45) is 4.01. The molecule has 1 aromatic heterocycles. The van der Waals surface area contributed by atoms with Gasteiger partial charge in [-0.2, -0.15) is 8.78 Å². The summed E-state index contributed by atoms with van der Waals surface area (Å²) in [5, 5.41) is 6.11. The second-order valence-electron chi connectivity index (χ2n) is 5.98. The molecule has 5 nitrogen and oxygen atoms in total. The minimum Gasteiger partial charge on any atom is -0.415 e. The van der Waals surface area contributed by atoms with Crippen molar-refractivity contribution in [1.29, 1.82) is 0 Å². The molecule has 0 saturated heterocycles. The summed E-state index contributed by atoms with van der Waals surface area (Å²) >= 11 is 0. The summed E-state index contributed by atoms with van der Waals surface area (Å²) in [5.74, 6) is -0.495. The molecular weight excluding hydrogens is 292 g/mol. The first-order chi connectivity index (χ1) is 10.5. The van der Waals surface area contributed by atoms with Crippen molar-refractivity contribution in [3.63, 3.8) is 0 Å². The van der Waals surface area contributed by atoms with E-state index in [0.717, 1.165) is 12.8 Å². The molecule has 0 radical (unpaired) electrons. The van der Waals surface area contributed by atoms with Crippen LogP contribution in [0.3, 0.4) is 0 Å². The molecule has 1 amide bonds. The maximum absolute atomic E-state index is 12.4. The Morgan fingerprint density at radius 3 is 2.68 bits per heavy atom. The molecule has 0 spiro atoms. The topological polar surface area (TPSA) is 63.2 Å². The lowest BCUT2D eigenvalue weighted by atomic mass is 9.79. The minimum atomic E-state index is -2.97. The highest BCUT2D eigenvalue weighted by Crippen LogP contribution is 2.33. The third kappa shape index (κ3) is 3.71. The molecule has 120 valence electrons. The zero-order valence-electron chi connectivity index (χ0n) is 12.3. The van der Waals surface area contributed by atoms with Crippen molar-refractivity contribution >= 4 is 11.6 Å². The Kier molecular flexibility index (Phi) is 4.24. The standard InChI is InChI=1S/C15H19F2N3O2/c1-8-2-5-12(14(18-8)22-15(16)17)20-13(21)9-6-11(7-9)19-10-3-4-10/h2,5,9-11,15,19H,3-4,6-7H2,1H3,(H,20,21). The monoisotopic (exact) mass is 311 g/mol. The smallest absolute Gasteiger partial charge is 0.388 e. The average molecular weight is 311 g/mol. The van der Waals surface area contributed by atoms with E-state index in [-0.39, 0.29) is 23.4 Å². The number of rotatable bonds is 6. The Bertz CT molecular complexity index is 558. The number of aryl methyl sites for hydroxylation is 1. The third-order valence-corrected chi connectivity index (χ3v) is 4.02. The van der Waals surface area contributed by atoms with Crippen LogP contribution < -0.4 is 15.4 Å². The molecule has 0 aliphatic heterocycles. The van der Waals surface area contributed by atoms with Gasteiger partial charge < -0.3 is 15.4 Å². The van der Waals surface area contributed by atoms with Crippen molar-refractivity contribution in [2.75, 3.05) is 5.32 Å². The second kappa shape index (κ2) is 6.16. The molecule has 0 bridgehead atoms. The van der Waals surface area contributed by atoms with E-state index in [2.05, 4.69) is 20.4 Å². The van der Waals surface area contributed by atoms with Crippen molar-refractivity contribution in [2.24, 2.45) is 5.92 Å². The second-order valence-corrected chi connectivity index (χ2v) is 5.98. The van der Waals surface area contributed by atoms with Gasteiger partial charge in [0.2, 0.25) is 11.8 Å². The van der Waals surface area contributed by atoms with Crippen molar-refractivity contribution in [1.82, 2.24) is 10.3 Å². The molecule has 0 atom stereocenters. The average Bonchev–Trinajstić information content (AvgIpc) is 3.19. The van der Waals surface area contributed by atoms with Crippen LogP contribution in [-0.4, -0.2) is 29.6 Å². The minimum absolute atomic E-state index is 0.0862. The highest BCUT2D eigenvalue weighted by atomic mass is 19.3. The van der Waals surface area contributed by atoms with Crippen LogP contribution >= 0.6 is 0 Å². The van der Waals surface area contributed by atoms with Gasteiger partial charge in [-0.25, -0.2) is 4.98 Å². The summed E-state index contributed by atoms with van der Waals surface area (Å²) < 4.78 is 29.2. The zero-order valence-corrected chi connectivity index (χ0v) is 12.3. The summed E-state index contributed by atoms with van der Waals surface area (Å²) in [6.45, 7) is -1.30. The van der Waals surface area contributed by atoms with Gasteiger partial charge in [-0.05, 0) is 44.7 Å². The van der Waals surface area contributed by atoms with Gasteiger partial charge in [0.05, 0.1) is 0 Å². The number of nitrogens with zero attached hydrogens (tertiary/aromatic N) is 1. The molecule has 3 rings (SSSR count).